The summed E-state index contributed by atoms with van der Waals surface area (Å²) < 4.78 is 2.20. The van der Waals surface area contributed by atoms with Gasteiger partial charge in [-0.25, -0.2) is 4.98 Å². The van der Waals surface area contributed by atoms with Crippen molar-refractivity contribution in [2.75, 3.05) is 11.9 Å². The lowest BCUT2D eigenvalue weighted by molar-refractivity contribution is -0.140. The number of hydrogen-bond donors (Lipinski definition) is 1. The molecule has 2 aromatic heterocycles. The van der Waals surface area contributed by atoms with Crippen LogP contribution in [0.1, 0.15) is 49.1 Å². The molecular weight excluding hydrogens is 460 g/mol. The summed E-state index contributed by atoms with van der Waals surface area (Å²) >= 11 is 1.37. The fraction of sp³-hybridized carbons (Fsp3) is 0.407. The van der Waals surface area contributed by atoms with Crippen molar-refractivity contribution in [1.29, 1.82) is 0 Å². The van der Waals surface area contributed by atoms with Crippen molar-refractivity contribution in [3.8, 4) is 16.9 Å². The van der Waals surface area contributed by atoms with Crippen LogP contribution in [0.3, 0.4) is 0 Å². The molecule has 5 rings (SSSR count). The predicted molar refractivity (Wildman–Crippen MR) is 137 cm³/mol. The summed E-state index contributed by atoms with van der Waals surface area (Å²) in [6.07, 6.45) is 3.63. The number of amides is 3. The number of likely N-dealkylation sites (tertiary alicyclic amines) is 1. The van der Waals surface area contributed by atoms with E-state index in [-0.39, 0.29) is 42.5 Å². The molecule has 7 nitrogen and oxygen atoms in total. The summed E-state index contributed by atoms with van der Waals surface area (Å²) in [7, 11) is 0. The van der Waals surface area contributed by atoms with Crippen LogP contribution in [0.5, 0.6) is 0 Å². The highest BCUT2D eigenvalue weighted by molar-refractivity contribution is 7.14. The Morgan fingerprint density at radius 1 is 1.06 bits per heavy atom. The fourth-order valence-electron chi connectivity index (χ4n) is 5.41. The van der Waals surface area contributed by atoms with Crippen molar-refractivity contribution in [2.24, 2.45) is 11.8 Å². The highest BCUT2D eigenvalue weighted by atomic mass is 32.1. The minimum atomic E-state index is -0.244. The second kappa shape index (κ2) is 9.41. The summed E-state index contributed by atoms with van der Waals surface area (Å²) in [5.74, 6) is -0.813. The van der Waals surface area contributed by atoms with Gasteiger partial charge < -0.3 is 9.88 Å². The van der Waals surface area contributed by atoms with Gasteiger partial charge in [-0.1, -0.05) is 30.5 Å². The molecule has 0 spiro atoms. The highest BCUT2D eigenvalue weighted by Gasteiger charge is 2.47. The first-order valence-electron chi connectivity index (χ1n) is 12.2. The molecule has 182 valence electrons. The van der Waals surface area contributed by atoms with E-state index in [1.165, 1.54) is 21.8 Å². The molecule has 2 aliphatic rings. The van der Waals surface area contributed by atoms with Gasteiger partial charge in [0, 0.05) is 41.0 Å². The third-order valence-corrected chi connectivity index (χ3v) is 8.00. The summed E-state index contributed by atoms with van der Waals surface area (Å²) in [4.78, 5) is 43.8. The highest BCUT2D eigenvalue weighted by Crippen LogP contribution is 2.38. The maximum absolute atomic E-state index is 12.6. The second-order valence-electron chi connectivity index (χ2n) is 9.62. The maximum Gasteiger partial charge on any atom is 0.233 e. The molecule has 3 aromatic rings. The number of thiazole rings is 1. The van der Waals surface area contributed by atoms with Gasteiger partial charge in [0.2, 0.25) is 17.7 Å². The van der Waals surface area contributed by atoms with Crippen molar-refractivity contribution in [2.45, 2.75) is 52.9 Å². The van der Waals surface area contributed by atoms with Crippen LogP contribution in [0, 0.1) is 32.6 Å². The molecule has 0 bridgehead atoms. The van der Waals surface area contributed by atoms with Crippen LogP contribution in [-0.2, 0) is 14.4 Å². The van der Waals surface area contributed by atoms with Crippen LogP contribution < -0.4 is 5.32 Å². The van der Waals surface area contributed by atoms with Crippen LogP contribution in [0.25, 0.3) is 16.9 Å². The standard InChI is InChI=1S/C27H30N4O3S/c1-16-8-10-19(11-9-16)31-17(2)14-22(18(31)3)23-15-35-27(28-23)29-24(32)12-13-30-25(33)20-6-4-5-7-21(20)26(30)34/h8-11,14-15,20-21H,4-7,12-13H2,1-3H3,(H,28,29,32)/t20-,21-/m0/s1. The maximum atomic E-state index is 12.6. The predicted octanol–water partition coefficient (Wildman–Crippen LogP) is 5.03. The molecule has 3 heterocycles. The largest absolute Gasteiger partial charge is 0.318 e. The number of nitrogens with zero attached hydrogens (tertiary/aromatic N) is 3. The van der Waals surface area contributed by atoms with E-state index >= 15 is 0 Å². The third-order valence-electron chi connectivity index (χ3n) is 7.24. The van der Waals surface area contributed by atoms with Gasteiger partial charge in [0.1, 0.15) is 0 Å². The molecule has 1 aliphatic heterocycles. The van der Waals surface area contributed by atoms with Crippen molar-refractivity contribution in [3.63, 3.8) is 0 Å². The monoisotopic (exact) mass is 490 g/mol. The Bertz CT molecular complexity index is 1270. The minimum Gasteiger partial charge on any atom is -0.318 e. The zero-order valence-electron chi connectivity index (χ0n) is 20.3. The van der Waals surface area contributed by atoms with E-state index in [1.54, 1.807) is 0 Å². The molecule has 1 N–H and O–H groups in total. The van der Waals surface area contributed by atoms with Gasteiger partial charge in [0.05, 0.1) is 17.5 Å². The summed E-state index contributed by atoms with van der Waals surface area (Å²) in [6, 6.07) is 10.5. The Hall–Kier alpha value is -3.26. The molecule has 8 heteroatoms. The quantitative estimate of drug-likeness (QED) is 0.491. The van der Waals surface area contributed by atoms with Gasteiger partial charge >= 0.3 is 0 Å². The molecular formula is C27H30N4O3S. The number of rotatable bonds is 6. The number of aromatic nitrogens is 2. The lowest BCUT2D eigenvalue weighted by Crippen LogP contribution is -2.34. The molecule has 1 saturated heterocycles. The Balaban J connectivity index is 1.24. The van der Waals surface area contributed by atoms with E-state index in [9.17, 15) is 14.4 Å². The SMILES string of the molecule is Cc1ccc(-n2c(C)cc(-c3csc(NC(=O)CCN4C(=O)[C@H]5CCCC[C@@H]5C4=O)n3)c2C)cc1. The van der Waals surface area contributed by atoms with E-state index in [0.29, 0.717) is 5.13 Å². The fourth-order valence-corrected chi connectivity index (χ4v) is 6.14. The Morgan fingerprint density at radius 2 is 1.71 bits per heavy atom. The smallest absolute Gasteiger partial charge is 0.233 e. The number of fused-ring (bicyclic) bond motifs is 1. The topological polar surface area (TPSA) is 84.3 Å². The number of anilines is 1. The molecule has 35 heavy (non-hydrogen) atoms. The first-order chi connectivity index (χ1) is 16.8. The minimum absolute atomic E-state index is 0.0772. The molecule has 2 atom stereocenters. The first-order valence-corrected chi connectivity index (χ1v) is 13.1. The number of hydrogen-bond acceptors (Lipinski definition) is 5. The first kappa shape index (κ1) is 23.5. The second-order valence-corrected chi connectivity index (χ2v) is 10.5. The number of imide groups is 1. The lowest BCUT2D eigenvalue weighted by atomic mass is 9.81. The number of benzene rings is 1. The van der Waals surface area contributed by atoms with Gasteiger partial charge in [-0.3, -0.25) is 19.3 Å². The van der Waals surface area contributed by atoms with Crippen molar-refractivity contribution in [3.05, 3.63) is 52.7 Å². The Morgan fingerprint density at radius 3 is 2.37 bits per heavy atom. The zero-order valence-corrected chi connectivity index (χ0v) is 21.2. The lowest BCUT2D eigenvalue weighted by Gasteiger charge is -2.19. The van der Waals surface area contributed by atoms with E-state index in [4.69, 9.17) is 0 Å². The summed E-state index contributed by atoms with van der Waals surface area (Å²) in [5.41, 5.74) is 6.35. The van der Waals surface area contributed by atoms with Gasteiger partial charge in [0.15, 0.2) is 5.13 Å². The van der Waals surface area contributed by atoms with E-state index < -0.39 is 0 Å². The van der Waals surface area contributed by atoms with E-state index in [1.807, 2.05) is 5.38 Å². The molecule has 1 saturated carbocycles. The van der Waals surface area contributed by atoms with Crippen LogP contribution in [0.2, 0.25) is 0 Å². The van der Waals surface area contributed by atoms with Crippen LogP contribution in [-0.4, -0.2) is 38.7 Å². The molecule has 0 radical (unpaired) electrons. The zero-order chi connectivity index (χ0) is 24.7. The number of carbonyl (C=O) groups is 3. The molecule has 0 unspecified atom stereocenters. The van der Waals surface area contributed by atoms with Gasteiger partial charge in [-0.05, 0) is 51.8 Å². The summed E-state index contributed by atoms with van der Waals surface area (Å²) in [6.45, 7) is 6.35. The van der Waals surface area contributed by atoms with E-state index in [0.717, 1.165) is 54.0 Å². The van der Waals surface area contributed by atoms with Crippen LogP contribution in [0.4, 0.5) is 5.13 Å². The molecule has 3 amide bonds. The third kappa shape index (κ3) is 4.43. The van der Waals surface area contributed by atoms with Crippen LogP contribution >= 0.6 is 11.3 Å². The number of nitrogens with one attached hydrogen (secondary N) is 1. The van der Waals surface area contributed by atoms with Crippen molar-refractivity contribution >= 4 is 34.2 Å². The Labute approximate surface area is 209 Å². The molecule has 1 aromatic carbocycles. The van der Waals surface area contributed by atoms with Gasteiger partial charge in [0.25, 0.3) is 0 Å². The molecule has 1 aliphatic carbocycles. The van der Waals surface area contributed by atoms with Crippen molar-refractivity contribution in [1.82, 2.24) is 14.5 Å². The van der Waals surface area contributed by atoms with Crippen molar-refractivity contribution < 1.29 is 14.4 Å². The van der Waals surface area contributed by atoms with Crippen LogP contribution in [0.15, 0.2) is 35.7 Å². The van der Waals surface area contributed by atoms with Gasteiger partial charge in [-0.2, -0.15) is 0 Å². The number of carbonyl (C=O) groups excluding carboxylic acids is 3. The van der Waals surface area contributed by atoms with Gasteiger partial charge in [-0.15, -0.1) is 11.3 Å². The number of aryl methyl sites for hydroxylation is 2. The normalized spacial score (nSPS) is 19.8. The Kier molecular flexibility index (Phi) is 6.32. The van der Waals surface area contributed by atoms with E-state index in [2.05, 4.69) is 66.0 Å². The molecule has 2 fully saturated rings. The average Bonchev–Trinajstić information content (AvgIpc) is 3.49. The summed E-state index contributed by atoms with van der Waals surface area (Å²) in [5, 5.41) is 5.29. The average molecular weight is 491 g/mol.